The van der Waals surface area contributed by atoms with Gasteiger partial charge in [0.05, 0.1) is 139 Å². The second-order valence-corrected chi connectivity index (χ2v) is 21.6. The first kappa shape index (κ1) is 71.1. The van der Waals surface area contributed by atoms with E-state index >= 15 is 0 Å². The number of aromatic nitrogens is 2. The molecule has 2 heterocycles. The highest BCUT2D eigenvalue weighted by Crippen LogP contribution is 2.49. The zero-order valence-corrected chi connectivity index (χ0v) is 55.0. The van der Waals surface area contributed by atoms with Crippen molar-refractivity contribution in [1.82, 2.24) is 9.55 Å². The van der Waals surface area contributed by atoms with Gasteiger partial charge >= 0.3 is 0 Å². The van der Waals surface area contributed by atoms with Crippen molar-refractivity contribution in [1.29, 1.82) is 0 Å². The Hall–Kier alpha value is -6.75. The third-order valence-electron chi connectivity index (χ3n) is 14.1. The fraction of sp³-hybridized carbons (Fsp3) is 0.431. The van der Waals surface area contributed by atoms with Gasteiger partial charge in [0.25, 0.3) is 5.79 Å². The highest BCUT2D eigenvalue weighted by molar-refractivity contribution is 6.54. The summed E-state index contributed by atoms with van der Waals surface area (Å²) in [5, 5.41) is 0.838. The molecule has 0 amide bonds. The van der Waals surface area contributed by atoms with Gasteiger partial charge in [-0.1, -0.05) is 116 Å². The number of hydrogen-bond acceptors (Lipinski definition) is 17. The van der Waals surface area contributed by atoms with Crippen LogP contribution in [0.15, 0.2) is 156 Å². The van der Waals surface area contributed by atoms with Gasteiger partial charge < -0.3 is 66.3 Å². The summed E-state index contributed by atoms with van der Waals surface area (Å²) in [5.74, 6) is 1.07. The predicted octanol–water partition coefficient (Wildman–Crippen LogP) is 13.4. The topological polar surface area (TPSA) is 172 Å². The minimum absolute atomic E-state index is 0.282. The van der Waals surface area contributed by atoms with Gasteiger partial charge in [-0.15, -0.1) is 0 Å². The van der Waals surface area contributed by atoms with Crippen LogP contribution in [0, 0.1) is 0 Å². The van der Waals surface area contributed by atoms with Crippen LogP contribution in [0.25, 0.3) is 33.9 Å². The number of imidazole rings is 1. The zero-order valence-electron chi connectivity index (χ0n) is 53.5. The number of aliphatic imine (C=N–C) groups is 2. The molecule has 0 saturated carbocycles. The molecule has 0 bridgehead atoms. The molecule has 494 valence electrons. The van der Waals surface area contributed by atoms with Crippen LogP contribution in [0.5, 0.6) is 23.0 Å². The first-order valence-corrected chi connectivity index (χ1v) is 32.7. The van der Waals surface area contributed by atoms with Gasteiger partial charge in [0.2, 0.25) is 0 Å². The Kier molecular flexibility index (Phi) is 31.2. The van der Waals surface area contributed by atoms with Crippen molar-refractivity contribution in [3.8, 4) is 56.9 Å². The SMILES string of the molecule is CCCOCCOCCOc1cccc(-c2nc(-c3ccccc3Cl)n(C3(c4ccccc4Cl)N=C(c4cccc(OCCOCCOCCOCC)c4)C(c4cccc(OCCOCCOCCOCC)c4)=N3)c2-c2cccc(OCCOCCOCCC)c2)c1. The Labute approximate surface area is 551 Å². The Morgan fingerprint density at radius 2 is 0.696 bits per heavy atom. The number of halogens is 2. The smallest absolute Gasteiger partial charge is 0.263 e. The lowest BCUT2D eigenvalue weighted by Crippen LogP contribution is -2.31. The van der Waals surface area contributed by atoms with Crippen molar-refractivity contribution < 1.29 is 66.3 Å². The lowest BCUT2D eigenvalue weighted by Gasteiger charge is -2.30. The lowest BCUT2D eigenvalue weighted by molar-refractivity contribution is 0.0114. The number of benzene rings is 6. The zero-order chi connectivity index (χ0) is 64.3. The highest BCUT2D eigenvalue weighted by Gasteiger charge is 2.46. The first-order valence-electron chi connectivity index (χ1n) is 31.9. The van der Waals surface area contributed by atoms with Crippen LogP contribution in [-0.2, 0) is 53.2 Å². The monoisotopic (exact) mass is 1300 g/mol. The van der Waals surface area contributed by atoms with Crippen LogP contribution in [0.2, 0.25) is 10.0 Å². The molecule has 1 aliphatic heterocycles. The summed E-state index contributed by atoms with van der Waals surface area (Å²) >= 11 is 15.0. The molecule has 0 N–H and O–H groups in total. The quantitative estimate of drug-likeness (QED) is 0.0330. The molecule has 1 aliphatic rings. The molecule has 8 rings (SSSR count). The molecular weight excluding hydrogens is 1220 g/mol. The van der Waals surface area contributed by atoms with Crippen LogP contribution in [0.4, 0.5) is 0 Å². The van der Waals surface area contributed by atoms with E-state index in [1.165, 1.54) is 0 Å². The van der Waals surface area contributed by atoms with Gasteiger partial charge in [-0.25, -0.2) is 15.0 Å². The van der Waals surface area contributed by atoms with E-state index < -0.39 is 5.79 Å². The summed E-state index contributed by atoms with van der Waals surface area (Å²) in [6, 6.07) is 46.5. The van der Waals surface area contributed by atoms with Gasteiger partial charge in [0.15, 0.2) is 0 Å². The Morgan fingerprint density at radius 3 is 1.11 bits per heavy atom. The summed E-state index contributed by atoms with van der Waals surface area (Å²) in [7, 11) is 0. The normalized spacial score (nSPS) is 12.7. The molecule has 0 saturated heterocycles. The molecule has 1 aromatic heterocycles. The lowest BCUT2D eigenvalue weighted by atomic mass is 10.00. The largest absolute Gasteiger partial charge is 0.491 e. The summed E-state index contributed by atoms with van der Waals surface area (Å²) in [6.07, 6.45) is 1.88. The van der Waals surface area contributed by atoms with Gasteiger partial charge in [-0.3, -0.25) is 4.57 Å². The molecule has 6 aromatic carbocycles. The van der Waals surface area contributed by atoms with Gasteiger partial charge in [-0.2, -0.15) is 0 Å². The molecule has 92 heavy (non-hydrogen) atoms. The number of rotatable bonds is 47. The van der Waals surface area contributed by atoms with Crippen molar-refractivity contribution in [2.45, 2.75) is 46.3 Å². The summed E-state index contributed by atoms with van der Waals surface area (Å²) < 4.78 is 84.6. The molecular formula is C72H88Cl2N4O14. The van der Waals surface area contributed by atoms with Crippen molar-refractivity contribution >= 4 is 34.6 Å². The third-order valence-corrected chi connectivity index (χ3v) is 14.7. The fourth-order valence-corrected chi connectivity index (χ4v) is 10.3. The molecule has 0 atom stereocenters. The number of hydrogen-bond donors (Lipinski definition) is 0. The van der Waals surface area contributed by atoms with Crippen molar-refractivity contribution in [2.24, 2.45) is 9.98 Å². The summed E-state index contributed by atoms with van der Waals surface area (Å²) in [6.45, 7) is 19.0. The maximum absolute atomic E-state index is 7.60. The molecule has 0 radical (unpaired) electrons. The highest BCUT2D eigenvalue weighted by atomic mass is 35.5. The first-order chi connectivity index (χ1) is 45.4. The van der Waals surface area contributed by atoms with Crippen LogP contribution in [0.3, 0.4) is 0 Å². The second-order valence-electron chi connectivity index (χ2n) is 20.8. The van der Waals surface area contributed by atoms with E-state index in [4.69, 9.17) is 104 Å². The van der Waals surface area contributed by atoms with Gasteiger partial charge in [0, 0.05) is 59.8 Å². The number of ether oxygens (including phenoxy) is 14. The van der Waals surface area contributed by atoms with Gasteiger partial charge in [0.1, 0.15) is 55.2 Å². The van der Waals surface area contributed by atoms with Crippen molar-refractivity contribution in [2.75, 3.05) is 159 Å². The predicted molar refractivity (Wildman–Crippen MR) is 360 cm³/mol. The van der Waals surface area contributed by atoms with Crippen LogP contribution in [0.1, 0.15) is 57.2 Å². The summed E-state index contributed by atoms with van der Waals surface area (Å²) in [4.78, 5) is 17.6. The molecule has 18 nitrogen and oxygen atoms in total. The molecule has 0 unspecified atom stereocenters. The molecule has 0 fully saturated rings. The minimum Gasteiger partial charge on any atom is -0.491 e. The summed E-state index contributed by atoms with van der Waals surface area (Å²) in [5.41, 5.74) is 6.26. The number of nitrogens with zero attached hydrogens (tertiary/aromatic N) is 4. The van der Waals surface area contributed by atoms with Crippen LogP contribution in [-0.4, -0.2) is 180 Å². The molecule has 0 spiro atoms. The fourth-order valence-electron chi connectivity index (χ4n) is 9.84. The average Bonchev–Trinajstić information content (AvgIpc) is 1.53. The van der Waals surface area contributed by atoms with E-state index in [0.29, 0.717) is 223 Å². The van der Waals surface area contributed by atoms with E-state index in [2.05, 4.69) is 18.4 Å². The van der Waals surface area contributed by atoms with E-state index in [-0.39, 0.29) is 19.8 Å². The Bertz CT molecular complexity index is 3260. The maximum atomic E-state index is 7.60. The second kappa shape index (κ2) is 40.4. The molecule has 20 heteroatoms. The van der Waals surface area contributed by atoms with E-state index in [1.807, 2.05) is 159 Å². The van der Waals surface area contributed by atoms with E-state index in [1.54, 1.807) is 0 Å². The minimum atomic E-state index is -1.76. The van der Waals surface area contributed by atoms with Crippen LogP contribution < -0.4 is 18.9 Å². The maximum Gasteiger partial charge on any atom is 0.263 e. The Morgan fingerprint density at radius 1 is 0.348 bits per heavy atom. The van der Waals surface area contributed by atoms with E-state index in [0.717, 1.165) is 24.0 Å². The third kappa shape index (κ3) is 21.7. The van der Waals surface area contributed by atoms with Crippen molar-refractivity contribution in [3.05, 3.63) is 172 Å². The molecule has 7 aromatic rings. The standard InChI is InChI=1S/C72H88Cl2N4O14/c1-5-29-81-35-37-85-43-49-91-61-23-15-19-57(53-61)69-70(58-20-16-24-62(54-58)92-50-46-86-38-36-82-30-6-2)78(71(75-69)63-25-9-11-27-65(63)73)72(64-26-10-12-28-66(64)74)76-67(55-17-13-21-59(51-55)89-47-44-87-41-39-83-33-31-79-7-3)68(77-72)56-18-14-22-60(52-56)90-48-45-88-42-40-84-34-32-80-8-4/h9-28,51-54H,5-8,29-50H2,1-4H3. The molecule has 0 aliphatic carbocycles. The average molecular weight is 1300 g/mol. The van der Waals surface area contributed by atoms with Gasteiger partial charge in [-0.05, 0) is 93.4 Å². The van der Waals surface area contributed by atoms with Crippen molar-refractivity contribution in [3.63, 3.8) is 0 Å². The van der Waals surface area contributed by atoms with E-state index in [9.17, 15) is 0 Å². The van der Waals surface area contributed by atoms with Crippen LogP contribution >= 0.6 is 23.2 Å². The Balaban J connectivity index is 1.27.